The molecule has 0 spiro atoms. The highest BCUT2D eigenvalue weighted by atomic mass is 16.5. The lowest BCUT2D eigenvalue weighted by molar-refractivity contribution is -0.138. The lowest BCUT2D eigenvalue weighted by Gasteiger charge is -2.37. The molecule has 2 heterocycles. The predicted octanol–water partition coefficient (Wildman–Crippen LogP) is 2.61. The molecule has 2 aliphatic heterocycles. The fraction of sp³-hybridized carbons (Fsp3) is 0.789. The second-order valence-electron chi connectivity index (χ2n) is 7.15. The van der Waals surface area contributed by atoms with Crippen LogP contribution in [0.2, 0.25) is 0 Å². The van der Waals surface area contributed by atoms with E-state index in [0.29, 0.717) is 0 Å². The van der Waals surface area contributed by atoms with Crippen LogP contribution in [0.1, 0.15) is 52.9 Å². The van der Waals surface area contributed by atoms with Crippen LogP contribution in [-0.2, 0) is 14.3 Å². The van der Waals surface area contributed by atoms with E-state index in [9.17, 15) is 9.59 Å². The molecular formula is C19H32N2O3. The Labute approximate surface area is 146 Å². The number of nitrogens with zero attached hydrogens (tertiary/aromatic N) is 2. The first-order valence-corrected chi connectivity index (χ1v) is 9.41. The summed E-state index contributed by atoms with van der Waals surface area (Å²) in [6, 6.07) is 0. The number of hydrogen-bond donors (Lipinski definition) is 0. The van der Waals surface area contributed by atoms with Crippen LogP contribution in [-0.4, -0.2) is 60.0 Å². The normalized spacial score (nSPS) is 21.0. The van der Waals surface area contributed by atoms with Crippen molar-refractivity contribution in [2.24, 2.45) is 5.92 Å². The minimum Gasteiger partial charge on any atom is -0.375 e. The van der Waals surface area contributed by atoms with E-state index in [0.717, 1.165) is 58.3 Å². The van der Waals surface area contributed by atoms with Crippen LogP contribution in [0.25, 0.3) is 0 Å². The van der Waals surface area contributed by atoms with Crippen LogP contribution in [0.3, 0.4) is 0 Å². The van der Waals surface area contributed by atoms with Crippen LogP contribution in [0, 0.1) is 5.92 Å². The first-order valence-electron chi connectivity index (χ1n) is 9.41. The molecule has 0 aliphatic carbocycles. The van der Waals surface area contributed by atoms with Crippen molar-refractivity contribution in [3.8, 4) is 0 Å². The molecule has 24 heavy (non-hydrogen) atoms. The molecule has 0 aromatic heterocycles. The molecule has 2 aliphatic rings. The Bertz CT molecular complexity index is 446. The van der Waals surface area contributed by atoms with Crippen LogP contribution < -0.4 is 0 Å². The summed E-state index contributed by atoms with van der Waals surface area (Å²) in [6.07, 6.45) is 8.68. The minimum absolute atomic E-state index is 0.0751. The number of carbonyl (C=O) groups excluding carboxylic acids is 2. The molecule has 5 nitrogen and oxygen atoms in total. The van der Waals surface area contributed by atoms with Gasteiger partial charge in [-0.1, -0.05) is 26.8 Å². The standard InChI is InChI=1S/C19H32N2O3/c1-4-5-6-18(22)20-11-7-16(8-12-20)24-17-9-13-21(14-10-17)19(23)15(2)3/h5-6,15-17H,4,7-14H2,1-3H3/b6-5+. The van der Waals surface area contributed by atoms with Gasteiger partial charge in [0.15, 0.2) is 0 Å². The predicted molar refractivity (Wildman–Crippen MR) is 94.6 cm³/mol. The number of carbonyl (C=O) groups is 2. The maximum atomic E-state index is 12.0. The van der Waals surface area contributed by atoms with Crippen LogP contribution >= 0.6 is 0 Å². The fourth-order valence-corrected chi connectivity index (χ4v) is 3.39. The zero-order chi connectivity index (χ0) is 17.5. The Morgan fingerprint density at radius 2 is 1.50 bits per heavy atom. The first-order chi connectivity index (χ1) is 11.5. The second-order valence-corrected chi connectivity index (χ2v) is 7.15. The summed E-state index contributed by atoms with van der Waals surface area (Å²) >= 11 is 0. The Morgan fingerprint density at radius 1 is 1.00 bits per heavy atom. The molecule has 2 amide bonds. The van der Waals surface area contributed by atoms with Gasteiger partial charge in [-0.15, -0.1) is 0 Å². The van der Waals surface area contributed by atoms with Gasteiger partial charge in [-0.2, -0.15) is 0 Å². The molecule has 136 valence electrons. The van der Waals surface area contributed by atoms with Crippen LogP contribution in [0.15, 0.2) is 12.2 Å². The Balaban J connectivity index is 1.69. The summed E-state index contributed by atoms with van der Waals surface area (Å²) in [6.45, 7) is 9.11. The van der Waals surface area contributed by atoms with Gasteiger partial charge in [0.2, 0.25) is 11.8 Å². The summed E-state index contributed by atoms with van der Waals surface area (Å²) in [5, 5.41) is 0. The molecule has 0 aromatic carbocycles. The molecule has 5 heteroatoms. The van der Waals surface area contributed by atoms with Gasteiger partial charge in [-0.3, -0.25) is 9.59 Å². The van der Waals surface area contributed by atoms with Crippen molar-refractivity contribution in [1.82, 2.24) is 9.80 Å². The van der Waals surface area contributed by atoms with Crippen LogP contribution in [0.4, 0.5) is 0 Å². The van der Waals surface area contributed by atoms with Gasteiger partial charge < -0.3 is 14.5 Å². The van der Waals surface area contributed by atoms with Gasteiger partial charge in [0, 0.05) is 32.1 Å². The van der Waals surface area contributed by atoms with Gasteiger partial charge in [0.05, 0.1) is 12.2 Å². The summed E-state index contributed by atoms with van der Waals surface area (Å²) in [4.78, 5) is 27.9. The largest absolute Gasteiger partial charge is 0.375 e. The average Bonchev–Trinajstić information content (AvgIpc) is 2.60. The summed E-state index contributed by atoms with van der Waals surface area (Å²) < 4.78 is 6.24. The number of rotatable bonds is 5. The molecule has 2 saturated heterocycles. The molecule has 2 rings (SSSR count). The molecule has 0 bridgehead atoms. The fourth-order valence-electron chi connectivity index (χ4n) is 3.39. The number of amides is 2. The van der Waals surface area contributed by atoms with E-state index in [4.69, 9.17) is 4.74 Å². The van der Waals surface area contributed by atoms with E-state index >= 15 is 0 Å². The third-order valence-corrected chi connectivity index (χ3v) is 4.88. The van der Waals surface area contributed by atoms with Crippen molar-refractivity contribution in [2.45, 2.75) is 65.1 Å². The van der Waals surface area contributed by atoms with Gasteiger partial charge in [0.1, 0.15) is 0 Å². The highest BCUT2D eigenvalue weighted by molar-refractivity contribution is 5.87. The maximum absolute atomic E-state index is 12.0. The summed E-state index contributed by atoms with van der Waals surface area (Å²) in [7, 11) is 0. The van der Waals surface area contributed by atoms with Crippen molar-refractivity contribution in [1.29, 1.82) is 0 Å². The molecule has 0 saturated carbocycles. The Hall–Kier alpha value is -1.36. The molecular weight excluding hydrogens is 304 g/mol. The molecule has 2 fully saturated rings. The topological polar surface area (TPSA) is 49.9 Å². The van der Waals surface area contributed by atoms with E-state index in [2.05, 4.69) is 0 Å². The smallest absolute Gasteiger partial charge is 0.246 e. The minimum atomic E-state index is 0.0751. The summed E-state index contributed by atoms with van der Waals surface area (Å²) in [5.74, 6) is 0.447. The number of piperidine rings is 2. The maximum Gasteiger partial charge on any atom is 0.246 e. The molecule has 0 atom stereocenters. The van der Waals surface area contributed by atoms with Crippen molar-refractivity contribution in [2.75, 3.05) is 26.2 Å². The highest BCUT2D eigenvalue weighted by Gasteiger charge is 2.28. The van der Waals surface area contributed by atoms with E-state index in [-0.39, 0.29) is 29.9 Å². The molecule has 0 unspecified atom stereocenters. The second kappa shape index (κ2) is 9.21. The number of likely N-dealkylation sites (tertiary alicyclic amines) is 2. The lowest BCUT2D eigenvalue weighted by atomic mass is 10.0. The monoisotopic (exact) mass is 336 g/mol. The lowest BCUT2D eigenvalue weighted by Crippen LogP contribution is -2.45. The van der Waals surface area contributed by atoms with Crippen molar-refractivity contribution in [3.63, 3.8) is 0 Å². The van der Waals surface area contributed by atoms with E-state index in [1.807, 2.05) is 36.6 Å². The van der Waals surface area contributed by atoms with Gasteiger partial charge >= 0.3 is 0 Å². The number of ether oxygens (including phenoxy) is 1. The van der Waals surface area contributed by atoms with Crippen LogP contribution in [0.5, 0.6) is 0 Å². The third kappa shape index (κ3) is 5.33. The van der Waals surface area contributed by atoms with E-state index in [1.165, 1.54) is 0 Å². The Morgan fingerprint density at radius 3 is 1.96 bits per heavy atom. The van der Waals surface area contributed by atoms with Gasteiger partial charge in [-0.05, 0) is 38.2 Å². The third-order valence-electron chi connectivity index (χ3n) is 4.88. The van der Waals surface area contributed by atoms with Crippen molar-refractivity contribution in [3.05, 3.63) is 12.2 Å². The van der Waals surface area contributed by atoms with E-state index in [1.54, 1.807) is 6.08 Å². The average molecular weight is 336 g/mol. The van der Waals surface area contributed by atoms with E-state index < -0.39 is 0 Å². The summed E-state index contributed by atoms with van der Waals surface area (Å²) in [5.41, 5.74) is 0. The highest BCUT2D eigenvalue weighted by Crippen LogP contribution is 2.22. The van der Waals surface area contributed by atoms with Gasteiger partial charge in [-0.25, -0.2) is 0 Å². The quantitative estimate of drug-likeness (QED) is 0.725. The number of allylic oxidation sites excluding steroid dienone is 1. The Kier molecular flexibility index (Phi) is 7.28. The number of hydrogen-bond acceptors (Lipinski definition) is 3. The first kappa shape index (κ1) is 19.0. The zero-order valence-electron chi connectivity index (χ0n) is 15.4. The molecule has 0 N–H and O–H groups in total. The zero-order valence-corrected chi connectivity index (χ0v) is 15.4. The molecule has 0 radical (unpaired) electrons. The van der Waals surface area contributed by atoms with Gasteiger partial charge in [0.25, 0.3) is 0 Å². The van der Waals surface area contributed by atoms with Crippen molar-refractivity contribution >= 4 is 11.8 Å². The SMILES string of the molecule is CC/C=C/C(=O)N1CCC(OC2CCN(C(=O)C(C)C)CC2)CC1. The molecule has 0 aromatic rings. The van der Waals surface area contributed by atoms with Crippen molar-refractivity contribution < 1.29 is 14.3 Å².